The van der Waals surface area contributed by atoms with Crippen LogP contribution >= 0.6 is 0 Å². The summed E-state index contributed by atoms with van der Waals surface area (Å²) in [7, 11) is 0. The van der Waals surface area contributed by atoms with Gasteiger partial charge in [0.15, 0.2) is 0 Å². The van der Waals surface area contributed by atoms with Gasteiger partial charge in [0.2, 0.25) is 0 Å². The fraction of sp³-hybridized carbons (Fsp3) is 0.375. The second kappa shape index (κ2) is 3.88. The molecule has 0 unspecified atom stereocenters. The largest absolute Gasteiger partial charge is 0.383 e. The van der Waals surface area contributed by atoms with Gasteiger partial charge in [0.1, 0.15) is 5.84 Å². The van der Waals surface area contributed by atoms with Crippen molar-refractivity contribution in [2.24, 2.45) is 10.7 Å². The molecule has 10 heavy (non-hydrogen) atoms. The third-order valence-corrected chi connectivity index (χ3v) is 1.15. The highest BCUT2D eigenvalue weighted by Gasteiger charge is 1.91. The van der Waals surface area contributed by atoms with Crippen molar-refractivity contribution in [1.29, 1.82) is 0 Å². The van der Waals surface area contributed by atoms with Crippen molar-refractivity contribution in [2.45, 2.75) is 20.8 Å². The van der Waals surface area contributed by atoms with Crippen LogP contribution < -0.4 is 5.73 Å². The summed E-state index contributed by atoms with van der Waals surface area (Å²) in [6, 6.07) is 0. The predicted octanol–water partition coefficient (Wildman–Crippen LogP) is 1.84. The van der Waals surface area contributed by atoms with E-state index in [1.54, 1.807) is 0 Å². The molecular formula is C8H14N2. The molecule has 0 saturated carbocycles. The van der Waals surface area contributed by atoms with E-state index in [-0.39, 0.29) is 0 Å². The fourth-order valence-electron chi connectivity index (χ4n) is 0.442. The number of allylic oxidation sites excluding steroid dienone is 2. The summed E-state index contributed by atoms with van der Waals surface area (Å²) in [5.74, 6) is 0.551. The zero-order valence-corrected chi connectivity index (χ0v) is 6.81. The number of aliphatic imine (C=N–C) groups is 1. The summed E-state index contributed by atoms with van der Waals surface area (Å²) in [5, 5.41) is 0. The summed E-state index contributed by atoms with van der Waals surface area (Å²) >= 11 is 0. The standard InChI is InChI=1S/C8H14N2/c1-5-7(4)8(9)10-6(2)3/h5H,2H2,1,3-4H3,(H2,9,10)/b7-5-. The molecule has 0 aromatic carbocycles. The Morgan fingerprint density at radius 2 is 2.00 bits per heavy atom. The van der Waals surface area contributed by atoms with E-state index in [0.717, 1.165) is 11.3 Å². The molecule has 0 fully saturated rings. The lowest BCUT2D eigenvalue weighted by Crippen LogP contribution is -2.12. The third-order valence-electron chi connectivity index (χ3n) is 1.15. The average Bonchev–Trinajstić information content (AvgIpc) is 1.85. The summed E-state index contributed by atoms with van der Waals surface area (Å²) in [6.45, 7) is 9.28. The van der Waals surface area contributed by atoms with Crippen LogP contribution in [0.3, 0.4) is 0 Å². The molecule has 0 heterocycles. The van der Waals surface area contributed by atoms with Crippen molar-refractivity contribution in [3.8, 4) is 0 Å². The Kier molecular flexibility index (Phi) is 3.47. The van der Waals surface area contributed by atoms with Crippen LogP contribution in [0.2, 0.25) is 0 Å². The zero-order valence-electron chi connectivity index (χ0n) is 6.81. The molecule has 0 atom stereocenters. The van der Waals surface area contributed by atoms with Gasteiger partial charge in [0.05, 0.1) is 0 Å². The number of hydrogen-bond acceptors (Lipinski definition) is 1. The van der Waals surface area contributed by atoms with Crippen molar-refractivity contribution < 1.29 is 0 Å². The zero-order chi connectivity index (χ0) is 8.15. The van der Waals surface area contributed by atoms with Crippen molar-refractivity contribution >= 4 is 5.84 Å². The van der Waals surface area contributed by atoms with Gasteiger partial charge in [-0.2, -0.15) is 0 Å². The highest BCUT2D eigenvalue weighted by atomic mass is 14.9. The van der Waals surface area contributed by atoms with Crippen molar-refractivity contribution in [1.82, 2.24) is 0 Å². The number of nitrogens with zero attached hydrogens (tertiary/aromatic N) is 1. The van der Waals surface area contributed by atoms with E-state index in [0.29, 0.717) is 5.84 Å². The average molecular weight is 138 g/mol. The molecule has 2 N–H and O–H groups in total. The van der Waals surface area contributed by atoms with E-state index < -0.39 is 0 Å². The maximum atomic E-state index is 5.55. The first-order valence-corrected chi connectivity index (χ1v) is 3.21. The number of hydrogen-bond donors (Lipinski definition) is 1. The first-order valence-electron chi connectivity index (χ1n) is 3.21. The van der Waals surface area contributed by atoms with Crippen LogP contribution in [0.1, 0.15) is 20.8 Å². The van der Waals surface area contributed by atoms with Gasteiger partial charge in [-0.25, -0.2) is 4.99 Å². The molecule has 2 nitrogen and oxygen atoms in total. The van der Waals surface area contributed by atoms with Crippen LogP contribution in [0, 0.1) is 0 Å². The Balaban J connectivity index is 4.35. The number of rotatable bonds is 2. The first kappa shape index (κ1) is 8.95. The van der Waals surface area contributed by atoms with Crippen LogP contribution in [0.15, 0.2) is 28.9 Å². The molecule has 0 spiro atoms. The van der Waals surface area contributed by atoms with Gasteiger partial charge in [0, 0.05) is 5.70 Å². The molecular weight excluding hydrogens is 124 g/mol. The maximum Gasteiger partial charge on any atom is 0.126 e. The Hall–Kier alpha value is -1.05. The molecule has 0 bridgehead atoms. The first-order chi connectivity index (χ1) is 4.57. The number of nitrogens with two attached hydrogens (primary N) is 1. The third kappa shape index (κ3) is 3.07. The normalized spacial score (nSPS) is 13.5. The molecule has 0 aliphatic heterocycles. The van der Waals surface area contributed by atoms with E-state index in [1.807, 2.05) is 26.8 Å². The van der Waals surface area contributed by atoms with Gasteiger partial charge in [-0.1, -0.05) is 12.7 Å². The van der Waals surface area contributed by atoms with Crippen LogP contribution in [-0.4, -0.2) is 5.84 Å². The Labute approximate surface area is 62.1 Å². The molecule has 0 rings (SSSR count). The second-order valence-corrected chi connectivity index (χ2v) is 2.20. The van der Waals surface area contributed by atoms with Crippen LogP contribution in [0.5, 0.6) is 0 Å². The maximum absolute atomic E-state index is 5.55. The predicted molar refractivity (Wildman–Crippen MR) is 45.9 cm³/mol. The Morgan fingerprint density at radius 3 is 2.30 bits per heavy atom. The minimum absolute atomic E-state index is 0.551. The van der Waals surface area contributed by atoms with Gasteiger partial charge in [0.25, 0.3) is 0 Å². The van der Waals surface area contributed by atoms with E-state index in [2.05, 4.69) is 11.6 Å². The lowest BCUT2D eigenvalue weighted by molar-refractivity contribution is 1.29. The van der Waals surface area contributed by atoms with E-state index in [1.165, 1.54) is 0 Å². The topological polar surface area (TPSA) is 38.4 Å². The summed E-state index contributed by atoms with van der Waals surface area (Å²) in [6.07, 6.45) is 1.92. The second-order valence-electron chi connectivity index (χ2n) is 2.20. The summed E-state index contributed by atoms with van der Waals surface area (Å²) in [5.41, 5.74) is 7.27. The smallest absolute Gasteiger partial charge is 0.126 e. The molecule has 0 aliphatic carbocycles. The minimum atomic E-state index is 0.551. The van der Waals surface area contributed by atoms with Gasteiger partial charge < -0.3 is 5.73 Å². The quantitative estimate of drug-likeness (QED) is 0.459. The number of amidine groups is 1. The van der Waals surface area contributed by atoms with Crippen LogP contribution in [0.25, 0.3) is 0 Å². The van der Waals surface area contributed by atoms with Gasteiger partial charge in [-0.15, -0.1) is 0 Å². The molecule has 56 valence electrons. The lowest BCUT2D eigenvalue weighted by Gasteiger charge is -1.97. The van der Waals surface area contributed by atoms with Crippen LogP contribution in [0.4, 0.5) is 0 Å². The highest BCUT2D eigenvalue weighted by Crippen LogP contribution is 1.95. The van der Waals surface area contributed by atoms with Gasteiger partial charge in [-0.3, -0.25) is 0 Å². The van der Waals surface area contributed by atoms with E-state index >= 15 is 0 Å². The Bertz CT molecular complexity index is 187. The van der Waals surface area contributed by atoms with Gasteiger partial charge >= 0.3 is 0 Å². The monoisotopic (exact) mass is 138 g/mol. The molecule has 0 amide bonds. The van der Waals surface area contributed by atoms with E-state index in [4.69, 9.17) is 5.73 Å². The SMILES string of the molecule is C=C(C)/N=C(N)\C(C)=C/C. The molecule has 0 saturated heterocycles. The molecule has 0 radical (unpaired) electrons. The van der Waals surface area contributed by atoms with Crippen molar-refractivity contribution in [3.63, 3.8) is 0 Å². The highest BCUT2D eigenvalue weighted by molar-refractivity contribution is 5.96. The molecule has 2 heteroatoms. The van der Waals surface area contributed by atoms with Crippen molar-refractivity contribution in [3.05, 3.63) is 23.9 Å². The Morgan fingerprint density at radius 1 is 1.50 bits per heavy atom. The lowest BCUT2D eigenvalue weighted by atomic mass is 10.3. The van der Waals surface area contributed by atoms with Crippen molar-refractivity contribution in [2.75, 3.05) is 0 Å². The molecule has 0 aromatic rings. The minimum Gasteiger partial charge on any atom is -0.383 e. The molecule has 0 aliphatic rings. The van der Waals surface area contributed by atoms with E-state index in [9.17, 15) is 0 Å². The van der Waals surface area contributed by atoms with Gasteiger partial charge in [-0.05, 0) is 26.3 Å². The summed E-state index contributed by atoms with van der Waals surface area (Å²) in [4.78, 5) is 3.98. The summed E-state index contributed by atoms with van der Waals surface area (Å²) < 4.78 is 0. The van der Waals surface area contributed by atoms with Crippen LogP contribution in [-0.2, 0) is 0 Å². The molecule has 0 aromatic heterocycles. The fourth-order valence-corrected chi connectivity index (χ4v) is 0.442.